The maximum absolute atomic E-state index is 13.1. The molecule has 4 rings (SSSR count). The lowest BCUT2D eigenvalue weighted by molar-refractivity contribution is -0.128. The lowest BCUT2D eigenvalue weighted by atomic mass is 9.82. The van der Waals surface area contributed by atoms with Gasteiger partial charge in [0.15, 0.2) is 0 Å². The van der Waals surface area contributed by atoms with E-state index in [4.69, 9.17) is 0 Å². The molecule has 24 heavy (non-hydrogen) atoms. The Bertz CT molecular complexity index is 733. The van der Waals surface area contributed by atoms with E-state index in [2.05, 4.69) is 35.9 Å². The minimum atomic E-state index is -2.40. The number of aromatic amines is 1. The number of nitrogens with zero attached hydrogens (tertiary/aromatic N) is 1. The van der Waals surface area contributed by atoms with Crippen LogP contribution in [0.15, 0.2) is 18.3 Å². The molecule has 1 saturated heterocycles. The van der Waals surface area contributed by atoms with Crippen LogP contribution in [0.3, 0.4) is 0 Å². The normalized spacial score (nSPS) is 22.8. The number of likely N-dealkylation sites (tertiary alicyclic amines) is 1. The van der Waals surface area contributed by atoms with Crippen LogP contribution in [-0.2, 0) is 6.42 Å². The molecule has 0 radical (unpaired) electrons. The van der Waals surface area contributed by atoms with E-state index in [0.29, 0.717) is 5.92 Å². The second kappa shape index (κ2) is 5.83. The van der Waals surface area contributed by atoms with Crippen LogP contribution >= 0.6 is 0 Å². The van der Waals surface area contributed by atoms with Gasteiger partial charge in [-0.15, -0.1) is 0 Å². The summed E-state index contributed by atoms with van der Waals surface area (Å²) in [5.41, 5.74) is 5.40. The van der Waals surface area contributed by atoms with Crippen molar-refractivity contribution in [3.63, 3.8) is 0 Å². The van der Waals surface area contributed by atoms with E-state index in [-0.39, 0.29) is 18.9 Å². The van der Waals surface area contributed by atoms with Crippen LogP contribution in [-0.4, -0.2) is 34.9 Å². The van der Waals surface area contributed by atoms with E-state index >= 15 is 0 Å². The fraction of sp³-hybridized carbons (Fsp3) is 0.600. The van der Waals surface area contributed by atoms with Crippen LogP contribution in [0.5, 0.6) is 0 Å². The van der Waals surface area contributed by atoms with Crippen molar-refractivity contribution in [2.75, 3.05) is 13.1 Å². The zero-order chi connectivity index (χ0) is 16.9. The first-order valence-electron chi connectivity index (χ1n) is 9.11. The average Bonchev–Trinajstić information content (AvgIpc) is 3.00. The van der Waals surface area contributed by atoms with Gasteiger partial charge in [-0.05, 0) is 74.9 Å². The Morgan fingerprint density at radius 1 is 1.17 bits per heavy atom. The molecule has 130 valence electrons. The van der Waals surface area contributed by atoms with Crippen molar-refractivity contribution in [2.24, 2.45) is 5.92 Å². The highest BCUT2D eigenvalue weighted by Gasteiger charge is 2.48. The van der Waals surface area contributed by atoms with Crippen LogP contribution in [0.2, 0.25) is 0 Å². The molecule has 2 aliphatic rings. The molecule has 4 heteroatoms. The molecule has 0 spiro atoms. The smallest absolute Gasteiger partial charge is 0.251 e. The maximum Gasteiger partial charge on any atom is 0.251 e. The fourth-order valence-corrected chi connectivity index (χ4v) is 4.61. The highest BCUT2D eigenvalue weighted by molar-refractivity contribution is 5.87. The Labute approximate surface area is 142 Å². The van der Waals surface area contributed by atoms with Gasteiger partial charge in [0.25, 0.3) is 5.92 Å². The number of alkyl halides is 2. The first-order chi connectivity index (χ1) is 11.4. The van der Waals surface area contributed by atoms with E-state index < -0.39 is 5.92 Å². The molecule has 0 atom stereocenters. The SMILES string of the molecule is Cc1cc(C)c2[nH]ccc2c1CC1CCN(C2CC(F)(F)C2)CC1. The van der Waals surface area contributed by atoms with Crippen molar-refractivity contribution in [3.8, 4) is 0 Å². The van der Waals surface area contributed by atoms with Crippen molar-refractivity contribution in [1.82, 2.24) is 9.88 Å². The van der Waals surface area contributed by atoms with Gasteiger partial charge in [-0.2, -0.15) is 0 Å². The standard InChI is InChI=1S/C20H26F2N2/c1-13-9-14(2)19-17(3-6-23-19)18(13)10-15-4-7-24(8-5-15)16-11-20(21,22)12-16/h3,6,9,15-16,23H,4-5,7-8,10-12H2,1-2H3. The summed E-state index contributed by atoms with van der Waals surface area (Å²) in [6.45, 7) is 6.32. The summed E-state index contributed by atoms with van der Waals surface area (Å²) in [5.74, 6) is -1.73. The highest BCUT2D eigenvalue weighted by Crippen LogP contribution is 2.42. The maximum atomic E-state index is 13.1. The Morgan fingerprint density at radius 3 is 2.54 bits per heavy atom. The van der Waals surface area contributed by atoms with Crippen LogP contribution < -0.4 is 0 Å². The number of aromatic nitrogens is 1. The van der Waals surface area contributed by atoms with Gasteiger partial charge in [0.1, 0.15) is 0 Å². The third-order valence-electron chi connectivity index (χ3n) is 6.10. The molecule has 1 aliphatic heterocycles. The van der Waals surface area contributed by atoms with E-state index in [1.54, 1.807) is 0 Å². The number of benzene rings is 1. The summed E-state index contributed by atoms with van der Waals surface area (Å²) in [5, 5.41) is 1.36. The molecular formula is C20H26F2N2. The Hall–Kier alpha value is -1.42. The fourth-order valence-electron chi connectivity index (χ4n) is 4.61. The molecule has 2 fully saturated rings. The summed E-state index contributed by atoms with van der Waals surface area (Å²) in [7, 11) is 0. The number of hydrogen-bond acceptors (Lipinski definition) is 1. The van der Waals surface area contributed by atoms with Crippen molar-refractivity contribution >= 4 is 10.9 Å². The van der Waals surface area contributed by atoms with Gasteiger partial charge in [-0.1, -0.05) is 6.07 Å². The van der Waals surface area contributed by atoms with Crippen molar-refractivity contribution < 1.29 is 8.78 Å². The minimum Gasteiger partial charge on any atom is -0.361 e. The highest BCUT2D eigenvalue weighted by atomic mass is 19.3. The van der Waals surface area contributed by atoms with Gasteiger partial charge in [-0.3, -0.25) is 4.90 Å². The average molecular weight is 332 g/mol. The predicted octanol–water partition coefficient (Wildman–Crippen LogP) is 4.84. The number of piperidine rings is 1. The Morgan fingerprint density at radius 2 is 1.88 bits per heavy atom. The summed E-state index contributed by atoms with van der Waals surface area (Å²) in [4.78, 5) is 5.65. The molecule has 1 N–H and O–H groups in total. The molecule has 2 nitrogen and oxygen atoms in total. The van der Waals surface area contributed by atoms with Gasteiger partial charge >= 0.3 is 0 Å². The molecule has 0 bridgehead atoms. The first-order valence-corrected chi connectivity index (χ1v) is 9.11. The summed E-state index contributed by atoms with van der Waals surface area (Å²) in [6.07, 6.45) is 5.52. The predicted molar refractivity (Wildman–Crippen MR) is 93.7 cm³/mol. The number of H-pyrrole nitrogens is 1. The van der Waals surface area contributed by atoms with E-state index in [9.17, 15) is 8.78 Å². The molecule has 0 amide bonds. The van der Waals surface area contributed by atoms with Gasteiger partial charge in [0.2, 0.25) is 0 Å². The Balaban J connectivity index is 1.42. The number of fused-ring (bicyclic) bond motifs is 1. The second-order valence-electron chi connectivity index (χ2n) is 7.86. The number of halogens is 2. The van der Waals surface area contributed by atoms with Crippen molar-refractivity contribution in [2.45, 2.75) is 57.9 Å². The summed E-state index contributed by atoms with van der Waals surface area (Å²) in [6, 6.07) is 4.59. The molecule has 1 aromatic heterocycles. The number of hydrogen-bond donors (Lipinski definition) is 1. The molecule has 1 saturated carbocycles. The number of aryl methyl sites for hydroxylation is 2. The van der Waals surface area contributed by atoms with E-state index in [0.717, 1.165) is 32.4 Å². The van der Waals surface area contributed by atoms with Gasteiger partial charge in [0, 0.05) is 36.0 Å². The van der Waals surface area contributed by atoms with Crippen LogP contribution in [0.1, 0.15) is 42.4 Å². The summed E-state index contributed by atoms with van der Waals surface area (Å²) >= 11 is 0. The van der Waals surface area contributed by atoms with Gasteiger partial charge < -0.3 is 4.98 Å². The Kier molecular flexibility index (Phi) is 3.91. The first kappa shape index (κ1) is 16.1. The largest absolute Gasteiger partial charge is 0.361 e. The quantitative estimate of drug-likeness (QED) is 0.852. The molecule has 1 aliphatic carbocycles. The zero-order valence-electron chi connectivity index (χ0n) is 14.5. The molecular weight excluding hydrogens is 306 g/mol. The lowest BCUT2D eigenvalue weighted by Crippen LogP contribution is -2.53. The number of nitrogens with one attached hydrogen (secondary N) is 1. The van der Waals surface area contributed by atoms with Gasteiger partial charge in [-0.25, -0.2) is 8.78 Å². The van der Waals surface area contributed by atoms with Crippen LogP contribution in [0.25, 0.3) is 10.9 Å². The zero-order valence-corrected chi connectivity index (χ0v) is 14.5. The van der Waals surface area contributed by atoms with Gasteiger partial charge in [0.05, 0.1) is 0 Å². The van der Waals surface area contributed by atoms with Crippen LogP contribution in [0, 0.1) is 19.8 Å². The minimum absolute atomic E-state index is 0.0682. The second-order valence-corrected chi connectivity index (χ2v) is 7.86. The number of rotatable bonds is 3. The van der Waals surface area contributed by atoms with Crippen LogP contribution in [0.4, 0.5) is 8.78 Å². The van der Waals surface area contributed by atoms with Crippen molar-refractivity contribution in [1.29, 1.82) is 0 Å². The third-order valence-corrected chi connectivity index (χ3v) is 6.10. The van der Waals surface area contributed by atoms with Crippen molar-refractivity contribution in [3.05, 3.63) is 35.0 Å². The lowest BCUT2D eigenvalue weighted by Gasteiger charge is -2.45. The monoisotopic (exact) mass is 332 g/mol. The van der Waals surface area contributed by atoms with E-state index in [1.807, 2.05) is 6.20 Å². The van der Waals surface area contributed by atoms with E-state index in [1.165, 1.54) is 27.6 Å². The molecule has 0 unspecified atom stereocenters. The summed E-state index contributed by atoms with van der Waals surface area (Å²) < 4.78 is 26.1. The molecule has 1 aromatic carbocycles. The molecule has 2 aromatic rings. The topological polar surface area (TPSA) is 19.0 Å². The third kappa shape index (κ3) is 2.85. The molecule has 2 heterocycles.